The number of hydrogen-bond donors (Lipinski definition) is 3. The topological polar surface area (TPSA) is 109 Å². The van der Waals surface area contributed by atoms with Gasteiger partial charge in [0, 0.05) is 5.69 Å². The van der Waals surface area contributed by atoms with Gasteiger partial charge < -0.3 is 10.8 Å². The van der Waals surface area contributed by atoms with Crippen LogP contribution < -0.4 is 10.5 Å². The molecule has 0 radical (unpaired) electrons. The van der Waals surface area contributed by atoms with Crippen molar-refractivity contribution in [3.8, 4) is 0 Å². The largest absolute Gasteiger partial charge is 0.478 e. The minimum atomic E-state index is -3.83. The lowest BCUT2D eigenvalue weighted by Crippen LogP contribution is -2.14. The van der Waals surface area contributed by atoms with Gasteiger partial charge in [-0.1, -0.05) is 0 Å². The van der Waals surface area contributed by atoms with Gasteiger partial charge in [0.15, 0.2) is 0 Å². The molecule has 9 heteroatoms. The second-order valence-corrected chi connectivity index (χ2v) is 8.15. The van der Waals surface area contributed by atoms with Crippen molar-refractivity contribution in [2.45, 2.75) is 4.21 Å². The lowest BCUT2D eigenvalue weighted by molar-refractivity contribution is 0.0698. The van der Waals surface area contributed by atoms with Crippen molar-refractivity contribution in [1.82, 2.24) is 0 Å². The SMILES string of the molecule is Nc1ccc(NS(=O)(=O)c2ccc(Br)s2)c(C(=O)O)c1. The average Bonchev–Trinajstić information content (AvgIpc) is 2.78. The van der Waals surface area contributed by atoms with Crippen LogP contribution in [0, 0.1) is 0 Å². The first kappa shape index (κ1) is 14.8. The zero-order valence-corrected chi connectivity index (χ0v) is 13.0. The number of benzene rings is 1. The lowest BCUT2D eigenvalue weighted by atomic mass is 10.1. The van der Waals surface area contributed by atoms with Crippen molar-refractivity contribution in [2.75, 3.05) is 10.5 Å². The summed E-state index contributed by atoms with van der Waals surface area (Å²) in [6, 6.07) is 6.97. The van der Waals surface area contributed by atoms with E-state index in [1.54, 1.807) is 6.07 Å². The molecule has 0 spiro atoms. The smallest absolute Gasteiger partial charge is 0.337 e. The van der Waals surface area contributed by atoms with E-state index in [1.165, 1.54) is 24.3 Å². The van der Waals surface area contributed by atoms with Gasteiger partial charge in [0.25, 0.3) is 10.0 Å². The van der Waals surface area contributed by atoms with Crippen molar-refractivity contribution in [2.24, 2.45) is 0 Å². The fourth-order valence-electron chi connectivity index (χ4n) is 1.46. The first-order valence-electron chi connectivity index (χ1n) is 5.20. The van der Waals surface area contributed by atoms with Crippen LogP contribution in [0.1, 0.15) is 10.4 Å². The van der Waals surface area contributed by atoms with Crippen molar-refractivity contribution in [3.63, 3.8) is 0 Å². The number of nitrogens with one attached hydrogen (secondary N) is 1. The van der Waals surface area contributed by atoms with E-state index in [4.69, 9.17) is 10.8 Å². The van der Waals surface area contributed by atoms with Crippen LogP contribution in [0.2, 0.25) is 0 Å². The number of halogens is 1. The summed E-state index contributed by atoms with van der Waals surface area (Å²) in [5, 5.41) is 9.07. The molecule has 2 aromatic rings. The number of rotatable bonds is 4. The monoisotopic (exact) mass is 376 g/mol. The lowest BCUT2D eigenvalue weighted by Gasteiger charge is -2.09. The highest BCUT2D eigenvalue weighted by Gasteiger charge is 2.20. The Morgan fingerprint density at radius 3 is 2.55 bits per heavy atom. The van der Waals surface area contributed by atoms with Crippen LogP contribution in [0.4, 0.5) is 11.4 Å². The number of carboxylic acid groups (broad SMARTS) is 1. The molecule has 4 N–H and O–H groups in total. The fraction of sp³-hybridized carbons (Fsp3) is 0. The number of aromatic carboxylic acids is 1. The van der Waals surface area contributed by atoms with Crippen molar-refractivity contribution in [1.29, 1.82) is 0 Å². The molecule has 0 bridgehead atoms. The number of thiophene rings is 1. The Balaban J connectivity index is 2.42. The second-order valence-electron chi connectivity index (χ2n) is 3.77. The van der Waals surface area contributed by atoms with Crippen LogP contribution >= 0.6 is 27.3 Å². The molecule has 0 aliphatic carbocycles. The van der Waals surface area contributed by atoms with Gasteiger partial charge in [0.05, 0.1) is 15.0 Å². The van der Waals surface area contributed by atoms with Crippen LogP contribution in [0.3, 0.4) is 0 Å². The van der Waals surface area contributed by atoms with Crippen LogP contribution in [-0.4, -0.2) is 19.5 Å². The van der Waals surface area contributed by atoms with Crippen LogP contribution in [-0.2, 0) is 10.0 Å². The Bertz CT molecular complexity index is 770. The van der Waals surface area contributed by atoms with E-state index in [9.17, 15) is 13.2 Å². The van der Waals surface area contributed by atoms with Crippen molar-refractivity contribution < 1.29 is 18.3 Å². The van der Waals surface area contributed by atoms with Gasteiger partial charge in [-0.2, -0.15) is 0 Å². The first-order chi connectivity index (χ1) is 9.29. The Morgan fingerprint density at radius 2 is 2.00 bits per heavy atom. The molecule has 0 unspecified atom stereocenters. The van der Waals surface area contributed by atoms with E-state index in [0.29, 0.717) is 3.79 Å². The molecule has 1 aromatic heterocycles. The number of sulfonamides is 1. The van der Waals surface area contributed by atoms with Gasteiger partial charge in [-0.3, -0.25) is 4.72 Å². The molecule has 0 saturated carbocycles. The zero-order valence-electron chi connectivity index (χ0n) is 9.83. The summed E-state index contributed by atoms with van der Waals surface area (Å²) in [7, 11) is -3.83. The Labute approximate surface area is 127 Å². The molecule has 0 saturated heterocycles. The average molecular weight is 377 g/mol. The van der Waals surface area contributed by atoms with Gasteiger partial charge in [0.1, 0.15) is 4.21 Å². The number of carboxylic acids is 1. The van der Waals surface area contributed by atoms with E-state index in [2.05, 4.69) is 20.7 Å². The Kier molecular flexibility index (Phi) is 4.02. The van der Waals surface area contributed by atoms with E-state index >= 15 is 0 Å². The van der Waals surface area contributed by atoms with E-state index in [0.717, 1.165) is 11.3 Å². The summed E-state index contributed by atoms with van der Waals surface area (Å²) in [5.41, 5.74) is 5.50. The molecule has 0 amide bonds. The molecule has 1 heterocycles. The minimum Gasteiger partial charge on any atom is -0.478 e. The summed E-state index contributed by atoms with van der Waals surface area (Å²) in [5.74, 6) is -1.26. The van der Waals surface area contributed by atoms with Gasteiger partial charge in [-0.05, 0) is 46.3 Å². The highest BCUT2D eigenvalue weighted by Crippen LogP contribution is 2.29. The number of nitrogens with two attached hydrogens (primary N) is 1. The molecule has 0 fully saturated rings. The normalized spacial score (nSPS) is 11.2. The first-order valence-corrected chi connectivity index (χ1v) is 8.30. The standard InChI is InChI=1S/C11H9BrN2O4S2/c12-9-3-4-10(19-9)20(17,18)14-8-2-1-6(13)5-7(8)11(15)16/h1-5,14H,13H2,(H,15,16). The number of carbonyl (C=O) groups is 1. The number of hydrogen-bond acceptors (Lipinski definition) is 5. The fourth-order valence-corrected chi connectivity index (χ4v) is 4.55. The summed E-state index contributed by atoms with van der Waals surface area (Å²) in [6.07, 6.45) is 0. The summed E-state index contributed by atoms with van der Waals surface area (Å²) < 4.78 is 27.3. The van der Waals surface area contributed by atoms with Crippen molar-refractivity contribution in [3.05, 3.63) is 39.7 Å². The third-order valence-corrected chi connectivity index (χ3v) is 5.81. The number of nitrogen functional groups attached to an aromatic ring is 1. The molecule has 20 heavy (non-hydrogen) atoms. The molecule has 0 atom stereocenters. The summed E-state index contributed by atoms with van der Waals surface area (Å²) in [4.78, 5) is 11.1. The molecular weight excluding hydrogens is 368 g/mol. The van der Waals surface area contributed by atoms with E-state index in [-0.39, 0.29) is 21.1 Å². The zero-order chi connectivity index (χ0) is 14.9. The molecule has 0 aliphatic rings. The molecule has 2 rings (SSSR count). The van der Waals surface area contributed by atoms with Crippen LogP contribution in [0.5, 0.6) is 0 Å². The predicted molar refractivity (Wildman–Crippen MR) is 80.6 cm³/mol. The van der Waals surface area contributed by atoms with Crippen molar-refractivity contribution >= 4 is 54.6 Å². The third kappa shape index (κ3) is 3.11. The van der Waals surface area contributed by atoms with Gasteiger partial charge >= 0.3 is 5.97 Å². The second kappa shape index (κ2) is 5.43. The minimum absolute atomic E-state index is 0.0313. The maximum Gasteiger partial charge on any atom is 0.337 e. The Hall–Kier alpha value is -1.58. The van der Waals surface area contributed by atoms with E-state index in [1.807, 2.05) is 0 Å². The maximum absolute atomic E-state index is 12.1. The molecule has 6 nitrogen and oxygen atoms in total. The quantitative estimate of drug-likeness (QED) is 0.710. The summed E-state index contributed by atoms with van der Waals surface area (Å²) >= 11 is 4.20. The molecule has 1 aromatic carbocycles. The molecule has 106 valence electrons. The number of anilines is 2. The molecular formula is C11H9BrN2O4S2. The predicted octanol–water partition coefficient (Wildman–Crippen LogP) is 2.59. The Morgan fingerprint density at radius 1 is 1.30 bits per heavy atom. The van der Waals surface area contributed by atoms with Crippen LogP contribution in [0.15, 0.2) is 38.3 Å². The maximum atomic E-state index is 12.1. The van der Waals surface area contributed by atoms with Gasteiger partial charge in [0.2, 0.25) is 0 Å². The highest BCUT2D eigenvalue weighted by atomic mass is 79.9. The van der Waals surface area contributed by atoms with E-state index < -0.39 is 16.0 Å². The third-order valence-electron chi connectivity index (χ3n) is 2.33. The van der Waals surface area contributed by atoms with Gasteiger partial charge in [-0.15, -0.1) is 11.3 Å². The summed E-state index contributed by atoms with van der Waals surface area (Å²) in [6.45, 7) is 0. The van der Waals surface area contributed by atoms with Crippen LogP contribution in [0.25, 0.3) is 0 Å². The molecule has 0 aliphatic heterocycles. The van der Waals surface area contributed by atoms with Gasteiger partial charge in [-0.25, -0.2) is 13.2 Å². The highest BCUT2D eigenvalue weighted by molar-refractivity contribution is 9.11.